The molecule has 29 heavy (non-hydrogen) atoms. The van der Waals surface area contributed by atoms with Gasteiger partial charge in [-0.2, -0.15) is 0 Å². The molecule has 4 rings (SSSR count). The highest BCUT2D eigenvalue weighted by molar-refractivity contribution is 6.18. The molecule has 0 spiro atoms. The summed E-state index contributed by atoms with van der Waals surface area (Å²) < 4.78 is 0. The fourth-order valence-corrected chi connectivity index (χ4v) is 5.73. The summed E-state index contributed by atoms with van der Waals surface area (Å²) in [4.78, 5) is 27.8. The molecule has 1 saturated carbocycles. The van der Waals surface area contributed by atoms with Crippen LogP contribution in [-0.2, 0) is 9.59 Å². The Kier molecular flexibility index (Phi) is 4.25. The second kappa shape index (κ2) is 6.14. The molecule has 4 atom stereocenters. The maximum Gasteiger partial charge on any atom is 0.158 e. The van der Waals surface area contributed by atoms with Crippen molar-refractivity contribution in [2.75, 3.05) is 0 Å². The van der Waals surface area contributed by atoms with Crippen molar-refractivity contribution < 1.29 is 9.59 Å². The second-order valence-electron chi connectivity index (χ2n) is 11.0. The van der Waals surface area contributed by atoms with Gasteiger partial charge in [-0.15, -0.1) is 0 Å². The molecular weight excluding hydrogens is 356 g/mol. The second-order valence-corrected chi connectivity index (χ2v) is 11.0. The molecule has 3 aliphatic carbocycles. The van der Waals surface area contributed by atoms with E-state index in [1.54, 1.807) is 0 Å². The topological polar surface area (TPSA) is 34.1 Å². The molecule has 1 aromatic rings. The summed E-state index contributed by atoms with van der Waals surface area (Å²) in [5.41, 5.74) is 3.00. The third kappa shape index (κ3) is 2.61. The van der Waals surface area contributed by atoms with Crippen molar-refractivity contribution >= 4 is 17.1 Å². The van der Waals surface area contributed by atoms with Gasteiger partial charge in [0, 0.05) is 17.8 Å². The van der Waals surface area contributed by atoms with Crippen LogP contribution in [0.4, 0.5) is 0 Å². The highest BCUT2D eigenvalue weighted by Gasteiger charge is 2.68. The fourth-order valence-electron chi connectivity index (χ4n) is 5.73. The molecule has 2 heteroatoms. The van der Waals surface area contributed by atoms with Crippen molar-refractivity contribution in [1.29, 1.82) is 0 Å². The zero-order chi connectivity index (χ0) is 21.4. The molecule has 152 valence electrons. The third-order valence-electron chi connectivity index (χ3n) is 7.35. The summed E-state index contributed by atoms with van der Waals surface area (Å²) in [7, 11) is 0. The smallest absolute Gasteiger partial charge is 0.158 e. The molecule has 0 aliphatic heterocycles. The molecule has 0 N–H and O–H groups in total. The Balaban J connectivity index is 1.94. The van der Waals surface area contributed by atoms with Gasteiger partial charge in [0.2, 0.25) is 0 Å². The predicted octanol–water partition coefficient (Wildman–Crippen LogP) is 6.05. The van der Waals surface area contributed by atoms with Crippen molar-refractivity contribution in [2.24, 2.45) is 34.0 Å². The van der Waals surface area contributed by atoms with Crippen LogP contribution in [-0.4, -0.2) is 11.6 Å². The average Bonchev–Trinajstić information content (AvgIpc) is 3.16. The van der Waals surface area contributed by atoms with E-state index >= 15 is 0 Å². The van der Waals surface area contributed by atoms with E-state index in [0.29, 0.717) is 0 Å². The number of benzene rings is 1. The summed E-state index contributed by atoms with van der Waals surface area (Å²) in [5.74, 6) is -0.327. The van der Waals surface area contributed by atoms with Crippen LogP contribution in [0.25, 0.3) is 5.57 Å². The van der Waals surface area contributed by atoms with Gasteiger partial charge in [-0.3, -0.25) is 9.59 Å². The maximum atomic E-state index is 13.9. The average molecular weight is 389 g/mol. The lowest BCUT2D eigenvalue weighted by molar-refractivity contribution is -0.152. The summed E-state index contributed by atoms with van der Waals surface area (Å²) in [6.45, 7) is 14.7. The molecule has 3 aliphatic rings. The SMILES string of the molecule is C/C(=C1/C=C[C@@H]2C(=O)[C@@]3(C(C)(C)C)C=C(C(C)(C)C)[C@H](C3=O)[C@H]12)c1ccccc1. The van der Waals surface area contributed by atoms with Crippen LogP contribution < -0.4 is 0 Å². The van der Waals surface area contributed by atoms with Crippen molar-refractivity contribution in [1.82, 2.24) is 0 Å². The minimum Gasteiger partial charge on any atom is -0.298 e. The lowest BCUT2D eigenvalue weighted by Crippen LogP contribution is -2.56. The Labute approximate surface area is 174 Å². The first kappa shape index (κ1) is 20.1. The van der Waals surface area contributed by atoms with Gasteiger partial charge >= 0.3 is 0 Å². The normalized spacial score (nSPS) is 33.1. The summed E-state index contributed by atoms with van der Waals surface area (Å²) >= 11 is 0. The number of carbonyl (C=O) groups is 2. The van der Waals surface area contributed by atoms with Crippen LogP contribution in [0.1, 0.15) is 54.0 Å². The Hall–Kier alpha value is -2.22. The monoisotopic (exact) mass is 388 g/mol. The van der Waals surface area contributed by atoms with Gasteiger partial charge < -0.3 is 0 Å². The van der Waals surface area contributed by atoms with Gasteiger partial charge in [-0.1, -0.05) is 95.7 Å². The molecule has 0 radical (unpaired) electrons. The quantitative estimate of drug-likeness (QED) is 0.433. The highest BCUT2D eigenvalue weighted by Crippen LogP contribution is 2.63. The number of hydrogen-bond donors (Lipinski definition) is 0. The van der Waals surface area contributed by atoms with E-state index in [2.05, 4.69) is 58.1 Å². The zero-order valence-corrected chi connectivity index (χ0v) is 18.7. The van der Waals surface area contributed by atoms with Crippen LogP contribution in [0.2, 0.25) is 0 Å². The van der Waals surface area contributed by atoms with Crippen LogP contribution >= 0.6 is 0 Å². The van der Waals surface area contributed by atoms with E-state index in [1.807, 2.05) is 39.0 Å². The fraction of sp³-hybridized carbons (Fsp3) is 0.481. The third-order valence-corrected chi connectivity index (χ3v) is 7.35. The minimum atomic E-state index is -1.01. The largest absolute Gasteiger partial charge is 0.298 e. The molecule has 0 heterocycles. The molecule has 0 unspecified atom stereocenters. The lowest BCUT2D eigenvalue weighted by atomic mass is 9.54. The van der Waals surface area contributed by atoms with Crippen LogP contribution in [0.3, 0.4) is 0 Å². The van der Waals surface area contributed by atoms with Crippen molar-refractivity contribution in [2.45, 2.75) is 48.5 Å². The number of rotatable bonds is 1. The molecule has 1 fully saturated rings. The highest BCUT2D eigenvalue weighted by atomic mass is 16.2. The molecule has 1 aromatic carbocycles. The van der Waals surface area contributed by atoms with Crippen LogP contribution in [0.15, 0.2) is 59.7 Å². The van der Waals surface area contributed by atoms with Crippen LogP contribution in [0, 0.1) is 34.0 Å². The van der Waals surface area contributed by atoms with Crippen molar-refractivity contribution in [3.63, 3.8) is 0 Å². The van der Waals surface area contributed by atoms with Gasteiger partial charge in [0.15, 0.2) is 11.6 Å². The Morgan fingerprint density at radius 2 is 1.55 bits per heavy atom. The van der Waals surface area contributed by atoms with E-state index in [0.717, 1.165) is 16.7 Å². The Morgan fingerprint density at radius 3 is 2.10 bits per heavy atom. The molecule has 0 aromatic heterocycles. The van der Waals surface area contributed by atoms with Gasteiger partial charge in [-0.25, -0.2) is 0 Å². The predicted molar refractivity (Wildman–Crippen MR) is 118 cm³/mol. The number of ketones is 2. The van der Waals surface area contributed by atoms with E-state index in [-0.39, 0.29) is 34.7 Å². The van der Waals surface area contributed by atoms with Crippen molar-refractivity contribution in [3.8, 4) is 0 Å². The molecule has 0 amide bonds. The number of Topliss-reactive ketones (excluding diaryl/α,β-unsaturated/α-hetero) is 2. The standard InChI is InChI=1S/C27H32O2/c1-16(17-11-9-8-10-12-17)18-13-14-19-21(18)22-20(25(2,3)4)15-27(23(19)28,24(22)29)26(5,6)7/h8-15,19,21-22H,1-7H3/b18-16+/t19-,21+,22-,27-/m0/s1. The van der Waals surface area contributed by atoms with Crippen molar-refractivity contribution in [3.05, 3.63) is 65.3 Å². The molecular formula is C27H32O2. The number of fused-ring (bicyclic) bond motifs is 4. The Morgan fingerprint density at radius 1 is 0.931 bits per heavy atom. The zero-order valence-electron chi connectivity index (χ0n) is 18.7. The first-order chi connectivity index (χ1) is 13.4. The van der Waals surface area contributed by atoms with Gasteiger partial charge in [0.25, 0.3) is 0 Å². The molecule has 2 nitrogen and oxygen atoms in total. The molecule has 2 bridgehead atoms. The van der Waals surface area contributed by atoms with E-state index in [1.165, 1.54) is 5.57 Å². The number of hydrogen-bond acceptors (Lipinski definition) is 2. The summed E-state index contributed by atoms with van der Waals surface area (Å²) in [6, 6.07) is 10.3. The summed E-state index contributed by atoms with van der Waals surface area (Å²) in [6.07, 6.45) is 6.25. The Bertz CT molecular complexity index is 976. The first-order valence-corrected chi connectivity index (χ1v) is 10.7. The maximum absolute atomic E-state index is 13.9. The van der Waals surface area contributed by atoms with Crippen LogP contribution in [0.5, 0.6) is 0 Å². The van der Waals surface area contributed by atoms with Gasteiger partial charge in [0.05, 0.1) is 0 Å². The summed E-state index contributed by atoms with van der Waals surface area (Å²) in [5, 5.41) is 0. The van der Waals surface area contributed by atoms with Gasteiger partial charge in [-0.05, 0) is 34.5 Å². The molecule has 0 saturated heterocycles. The number of carbonyl (C=O) groups excluding carboxylic acids is 2. The minimum absolute atomic E-state index is 0.0846. The van der Waals surface area contributed by atoms with E-state index < -0.39 is 10.8 Å². The van der Waals surface area contributed by atoms with E-state index in [4.69, 9.17) is 0 Å². The lowest BCUT2D eigenvalue weighted by Gasteiger charge is -2.45. The number of allylic oxidation sites excluding steroid dienone is 6. The van der Waals surface area contributed by atoms with E-state index in [9.17, 15) is 9.59 Å². The van der Waals surface area contributed by atoms with Gasteiger partial charge in [0.1, 0.15) is 5.41 Å². The first-order valence-electron chi connectivity index (χ1n) is 10.7.